The quantitative estimate of drug-likeness (QED) is 0.674. The summed E-state index contributed by atoms with van der Waals surface area (Å²) in [5.74, 6) is -1.09. The van der Waals surface area contributed by atoms with Gasteiger partial charge in [0.1, 0.15) is 5.57 Å². The summed E-state index contributed by atoms with van der Waals surface area (Å²) in [5, 5.41) is 2.25. The van der Waals surface area contributed by atoms with Crippen LogP contribution in [-0.4, -0.2) is 29.3 Å². The molecule has 5 heteroatoms. The third kappa shape index (κ3) is 2.82. The zero-order valence-corrected chi connectivity index (χ0v) is 13.0. The molecule has 23 heavy (non-hydrogen) atoms. The monoisotopic (exact) mass is 310 g/mol. The highest BCUT2D eigenvalue weighted by molar-refractivity contribution is 6.29. The van der Waals surface area contributed by atoms with Gasteiger partial charge in [-0.25, -0.2) is 4.79 Å². The molecule has 1 aliphatic heterocycles. The Morgan fingerprint density at radius 2 is 1.83 bits per heavy atom. The summed E-state index contributed by atoms with van der Waals surface area (Å²) in [6, 6.07) is 9.28. The van der Waals surface area contributed by atoms with Gasteiger partial charge in [0.25, 0.3) is 11.8 Å². The molecule has 3 rings (SSSR count). The number of rotatable bonds is 2. The summed E-state index contributed by atoms with van der Waals surface area (Å²) in [7, 11) is 0. The summed E-state index contributed by atoms with van der Waals surface area (Å²) in [5.41, 5.74) is 3.01. The van der Waals surface area contributed by atoms with Crippen LogP contribution in [0.25, 0.3) is 5.57 Å². The Morgan fingerprint density at radius 3 is 2.52 bits per heavy atom. The molecule has 1 aliphatic carbocycles. The van der Waals surface area contributed by atoms with Gasteiger partial charge in [0.15, 0.2) is 0 Å². The minimum Gasteiger partial charge on any atom is -0.273 e. The second-order valence-corrected chi connectivity index (χ2v) is 5.60. The molecule has 2 aliphatic rings. The Morgan fingerprint density at radius 1 is 1.09 bits per heavy atom. The molecule has 1 aromatic carbocycles. The molecule has 1 fully saturated rings. The lowest BCUT2D eigenvalue weighted by molar-refractivity contribution is -0.130. The maximum absolute atomic E-state index is 12.5. The van der Waals surface area contributed by atoms with Crippen LogP contribution in [0.5, 0.6) is 0 Å². The van der Waals surface area contributed by atoms with Crippen molar-refractivity contribution in [3.8, 4) is 0 Å². The molecule has 0 radical (unpaired) electrons. The number of allylic oxidation sites excluding steroid dienone is 3. The van der Waals surface area contributed by atoms with E-state index in [1.807, 2.05) is 36.4 Å². The molecule has 1 aromatic rings. The molecule has 0 bridgehead atoms. The Hall–Kier alpha value is -2.69. The number of barbiturate groups is 1. The summed E-state index contributed by atoms with van der Waals surface area (Å²) in [6.07, 6.45) is 4.37. The van der Waals surface area contributed by atoms with Crippen molar-refractivity contribution >= 4 is 23.4 Å². The number of hydrogen-bond donors (Lipinski definition) is 1. The summed E-state index contributed by atoms with van der Waals surface area (Å²) >= 11 is 0. The molecule has 1 N–H and O–H groups in total. The van der Waals surface area contributed by atoms with E-state index >= 15 is 0 Å². The number of carbonyl (C=O) groups excluding carboxylic acids is 3. The Kier molecular flexibility index (Phi) is 4.10. The standard InChI is InChI=1S/C18H18N2O3/c1-2-20-17(22)15(16(21)19-18(20)23)14-10-6-9-13(11-14)12-7-4-3-5-8-12/h3-5,7-8,11H,2,6,9-10H2,1H3,(H,19,21,23). The molecule has 5 nitrogen and oxygen atoms in total. The van der Waals surface area contributed by atoms with Gasteiger partial charge in [-0.2, -0.15) is 0 Å². The molecule has 1 saturated heterocycles. The van der Waals surface area contributed by atoms with Gasteiger partial charge in [0.05, 0.1) is 0 Å². The zero-order valence-electron chi connectivity index (χ0n) is 13.0. The molecule has 4 amide bonds. The lowest BCUT2D eigenvalue weighted by Gasteiger charge is -2.27. The second kappa shape index (κ2) is 6.20. The van der Waals surface area contributed by atoms with Crippen molar-refractivity contribution in [1.82, 2.24) is 10.2 Å². The number of amides is 4. The van der Waals surface area contributed by atoms with Crippen molar-refractivity contribution in [3.05, 3.63) is 53.1 Å². The lowest BCUT2D eigenvalue weighted by atomic mass is 9.87. The van der Waals surface area contributed by atoms with Gasteiger partial charge in [0.2, 0.25) is 0 Å². The number of imide groups is 2. The van der Waals surface area contributed by atoms with Crippen LogP contribution in [0.4, 0.5) is 4.79 Å². The number of urea groups is 1. The SMILES string of the molecule is CCN1C(=O)NC(=O)C(=C2C=C(c3ccccc3)CCC2)C1=O. The van der Waals surface area contributed by atoms with E-state index in [-0.39, 0.29) is 12.1 Å². The first-order valence-corrected chi connectivity index (χ1v) is 7.78. The number of likely N-dealkylation sites (N-methyl/N-ethyl adjacent to an activating group) is 1. The molecule has 0 unspecified atom stereocenters. The number of benzene rings is 1. The molecule has 1 heterocycles. The molecule has 0 saturated carbocycles. The molecular weight excluding hydrogens is 292 g/mol. The van der Waals surface area contributed by atoms with Crippen LogP contribution in [0.3, 0.4) is 0 Å². The maximum Gasteiger partial charge on any atom is 0.331 e. The summed E-state index contributed by atoms with van der Waals surface area (Å²) in [6.45, 7) is 1.95. The predicted octanol–water partition coefficient (Wildman–Crippen LogP) is 2.65. The Labute approximate surface area is 134 Å². The fourth-order valence-corrected chi connectivity index (χ4v) is 3.02. The van der Waals surface area contributed by atoms with Gasteiger partial charge < -0.3 is 0 Å². The van der Waals surface area contributed by atoms with E-state index in [0.29, 0.717) is 12.0 Å². The average molecular weight is 310 g/mol. The van der Waals surface area contributed by atoms with E-state index < -0.39 is 17.8 Å². The topological polar surface area (TPSA) is 66.5 Å². The molecule has 0 aromatic heterocycles. The van der Waals surface area contributed by atoms with E-state index in [2.05, 4.69) is 5.32 Å². The van der Waals surface area contributed by atoms with Crippen molar-refractivity contribution in [2.75, 3.05) is 6.54 Å². The summed E-state index contributed by atoms with van der Waals surface area (Å²) in [4.78, 5) is 37.4. The van der Waals surface area contributed by atoms with Crippen LogP contribution >= 0.6 is 0 Å². The normalized spacial score (nSPS) is 22.0. The fraction of sp³-hybridized carbons (Fsp3) is 0.278. The van der Waals surface area contributed by atoms with Crippen LogP contribution in [0.15, 0.2) is 47.6 Å². The van der Waals surface area contributed by atoms with E-state index in [9.17, 15) is 14.4 Å². The fourth-order valence-electron chi connectivity index (χ4n) is 3.02. The minimum atomic E-state index is -0.644. The number of hydrogen-bond acceptors (Lipinski definition) is 3. The van der Waals surface area contributed by atoms with Crippen molar-refractivity contribution < 1.29 is 14.4 Å². The molecule has 118 valence electrons. The van der Waals surface area contributed by atoms with Gasteiger partial charge in [-0.1, -0.05) is 36.4 Å². The number of nitrogens with one attached hydrogen (secondary N) is 1. The first kappa shape index (κ1) is 15.2. The molecular formula is C18H18N2O3. The predicted molar refractivity (Wildman–Crippen MR) is 86.2 cm³/mol. The third-order valence-electron chi connectivity index (χ3n) is 4.17. The lowest BCUT2D eigenvalue weighted by Crippen LogP contribution is -2.54. The van der Waals surface area contributed by atoms with Gasteiger partial charge in [-0.3, -0.25) is 19.8 Å². The van der Waals surface area contributed by atoms with Crippen LogP contribution in [0.1, 0.15) is 31.7 Å². The highest BCUT2D eigenvalue weighted by Crippen LogP contribution is 2.32. The summed E-state index contributed by atoms with van der Waals surface area (Å²) < 4.78 is 0. The van der Waals surface area contributed by atoms with Crippen LogP contribution in [0.2, 0.25) is 0 Å². The first-order chi connectivity index (χ1) is 11.1. The zero-order chi connectivity index (χ0) is 16.4. The van der Waals surface area contributed by atoms with E-state index in [4.69, 9.17) is 0 Å². The van der Waals surface area contributed by atoms with Gasteiger partial charge in [-0.15, -0.1) is 0 Å². The van der Waals surface area contributed by atoms with Crippen LogP contribution in [0, 0.1) is 0 Å². The van der Waals surface area contributed by atoms with E-state index in [1.54, 1.807) is 6.92 Å². The van der Waals surface area contributed by atoms with Crippen LogP contribution < -0.4 is 5.32 Å². The number of nitrogens with zero attached hydrogens (tertiary/aromatic N) is 1. The highest BCUT2D eigenvalue weighted by Gasteiger charge is 2.36. The van der Waals surface area contributed by atoms with Gasteiger partial charge in [-0.05, 0) is 42.9 Å². The third-order valence-corrected chi connectivity index (χ3v) is 4.17. The Bertz CT molecular complexity index is 732. The van der Waals surface area contributed by atoms with Crippen molar-refractivity contribution in [1.29, 1.82) is 0 Å². The van der Waals surface area contributed by atoms with E-state index in [1.165, 1.54) is 0 Å². The van der Waals surface area contributed by atoms with Crippen LogP contribution in [-0.2, 0) is 9.59 Å². The van der Waals surface area contributed by atoms with Crippen molar-refractivity contribution in [2.45, 2.75) is 26.2 Å². The number of carbonyl (C=O) groups is 3. The maximum atomic E-state index is 12.5. The van der Waals surface area contributed by atoms with Crippen molar-refractivity contribution in [3.63, 3.8) is 0 Å². The van der Waals surface area contributed by atoms with E-state index in [0.717, 1.165) is 28.9 Å². The highest BCUT2D eigenvalue weighted by atomic mass is 16.2. The molecule has 0 spiro atoms. The second-order valence-electron chi connectivity index (χ2n) is 5.60. The first-order valence-electron chi connectivity index (χ1n) is 7.78. The smallest absolute Gasteiger partial charge is 0.273 e. The minimum absolute atomic E-state index is 0.0968. The van der Waals surface area contributed by atoms with Gasteiger partial charge in [0, 0.05) is 6.54 Å². The Balaban J connectivity index is 2.04. The van der Waals surface area contributed by atoms with Crippen molar-refractivity contribution in [2.24, 2.45) is 0 Å². The average Bonchev–Trinajstić information content (AvgIpc) is 2.56. The largest absolute Gasteiger partial charge is 0.331 e. The van der Waals surface area contributed by atoms with Gasteiger partial charge >= 0.3 is 6.03 Å². The molecule has 0 atom stereocenters.